The van der Waals surface area contributed by atoms with Crippen molar-refractivity contribution in [2.45, 2.75) is 64.3 Å². The Morgan fingerprint density at radius 1 is 1.19 bits per heavy atom. The number of ether oxygens (including phenoxy) is 1. The summed E-state index contributed by atoms with van der Waals surface area (Å²) >= 11 is 0. The fraction of sp³-hybridized carbons (Fsp3) is 0.517. The summed E-state index contributed by atoms with van der Waals surface area (Å²) in [5.74, 6) is 1.69. The molecule has 0 saturated carbocycles. The molecule has 1 atom stereocenters. The van der Waals surface area contributed by atoms with E-state index in [-0.39, 0.29) is 17.9 Å². The number of rotatable bonds is 12. The van der Waals surface area contributed by atoms with E-state index in [4.69, 9.17) is 4.74 Å². The molecule has 37 heavy (non-hydrogen) atoms. The number of aromatic nitrogens is 3. The number of pyridine rings is 1. The molecule has 2 aromatic heterocycles. The first-order valence-corrected chi connectivity index (χ1v) is 13.5. The van der Waals surface area contributed by atoms with Gasteiger partial charge in [0.05, 0.1) is 36.1 Å². The number of carbonyl (C=O) groups is 2. The van der Waals surface area contributed by atoms with Gasteiger partial charge in [-0.15, -0.1) is 0 Å². The van der Waals surface area contributed by atoms with Gasteiger partial charge in [0.2, 0.25) is 11.8 Å². The van der Waals surface area contributed by atoms with Crippen molar-refractivity contribution < 1.29 is 14.3 Å². The number of H-pyrrole nitrogens is 1. The van der Waals surface area contributed by atoms with Crippen LogP contribution in [0.15, 0.2) is 36.5 Å². The zero-order chi connectivity index (χ0) is 26.2. The van der Waals surface area contributed by atoms with Crippen LogP contribution in [-0.2, 0) is 9.59 Å². The molecule has 2 N–H and O–H groups in total. The number of carbonyl (C=O) groups excluding carboxylic acids is 2. The molecular weight excluding hydrogens is 466 g/mol. The lowest BCUT2D eigenvalue weighted by atomic mass is 9.95. The number of Topliss-reactive ketones (excluding diaryl/α,β-unsaturated/α-hetero) is 1. The van der Waals surface area contributed by atoms with E-state index < -0.39 is 0 Å². The number of likely N-dealkylation sites (tertiary alicyclic amines) is 1. The van der Waals surface area contributed by atoms with E-state index >= 15 is 0 Å². The fourth-order valence-electron chi connectivity index (χ4n) is 4.96. The Morgan fingerprint density at radius 2 is 1.97 bits per heavy atom. The van der Waals surface area contributed by atoms with Gasteiger partial charge in [0.15, 0.2) is 0 Å². The molecule has 1 amide bonds. The number of hydrogen-bond acceptors (Lipinski definition) is 6. The third-order valence-corrected chi connectivity index (χ3v) is 7.35. The molecule has 0 radical (unpaired) electrons. The number of aromatic amines is 1. The molecule has 1 aliphatic heterocycles. The number of amides is 1. The molecule has 0 bridgehead atoms. The van der Waals surface area contributed by atoms with Crippen LogP contribution in [0.1, 0.15) is 70.2 Å². The standard InChI is InChI=1S/C29H39N5O3/c1-4-22(35)11-6-5-7-13-25(32-28(36)20-14-16-34(2)17-15-20)27-30-19-26(31-27)23-18-21-10-8-9-12-24(21)33-29(23)37-3/h8-10,12,18-20,25H,4-7,11,13-17H2,1-3H3,(H,30,31)(H,32,36)/t25-/m0/s1. The quantitative estimate of drug-likeness (QED) is 0.334. The van der Waals surface area contributed by atoms with Gasteiger partial charge in [-0.25, -0.2) is 9.97 Å². The van der Waals surface area contributed by atoms with Gasteiger partial charge in [0.25, 0.3) is 0 Å². The number of fused-ring (bicyclic) bond motifs is 1. The number of imidazole rings is 1. The molecule has 1 fully saturated rings. The first kappa shape index (κ1) is 26.8. The van der Waals surface area contributed by atoms with Gasteiger partial charge in [-0.2, -0.15) is 0 Å². The summed E-state index contributed by atoms with van der Waals surface area (Å²) in [5.41, 5.74) is 2.50. The molecule has 1 saturated heterocycles. The first-order chi connectivity index (χ1) is 18.0. The second-order valence-corrected chi connectivity index (χ2v) is 10.1. The van der Waals surface area contributed by atoms with Crippen molar-refractivity contribution in [3.8, 4) is 17.1 Å². The van der Waals surface area contributed by atoms with Crippen LogP contribution in [0.2, 0.25) is 0 Å². The largest absolute Gasteiger partial charge is 0.480 e. The molecule has 0 aliphatic carbocycles. The van der Waals surface area contributed by atoms with Crippen LogP contribution >= 0.6 is 0 Å². The predicted molar refractivity (Wildman–Crippen MR) is 145 cm³/mol. The average molecular weight is 506 g/mol. The van der Waals surface area contributed by atoms with Crippen LogP contribution in [0.3, 0.4) is 0 Å². The monoisotopic (exact) mass is 505 g/mol. The summed E-state index contributed by atoms with van der Waals surface area (Å²) in [7, 11) is 3.71. The van der Waals surface area contributed by atoms with Gasteiger partial charge in [-0.05, 0) is 58.0 Å². The molecule has 8 heteroatoms. The van der Waals surface area contributed by atoms with Crippen LogP contribution in [0.25, 0.3) is 22.2 Å². The van der Waals surface area contributed by atoms with Crippen LogP contribution in [-0.4, -0.2) is 58.8 Å². The second kappa shape index (κ2) is 12.8. The second-order valence-electron chi connectivity index (χ2n) is 10.1. The highest BCUT2D eigenvalue weighted by molar-refractivity contribution is 5.85. The predicted octanol–water partition coefficient (Wildman–Crippen LogP) is 5.06. The van der Waals surface area contributed by atoms with Gasteiger partial charge < -0.3 is 19.9 Å². The van der Waals surface area contributed by atoms with Crippen molar-refractivity contribution in [2.24, 2.45) is 5.92 Å². The zero-order valence-corrected chi connectivity index (χ0v) is 22.3. The van der Waals surface area contributed by atoms with Crippen molar-refractivity contribution in [1.82, 2.24) is 25.2 Å². The summed E-state index contributed by atoms with van der Waals surface area (Å²) in [4.78, 5) is 39.9. The summed E-state index contributed by atoms with van der Waals surface area (Å²) in [6.07, 6.45) is 8.26. The van der Waals surface area contributed by atoms with Crippen LogP contribution < -0.4 is 10.1 Å². The lowest BCUT2D eigenvalue weighted by molar-refractivity contribution is -0.127. The average Bonchev–Trinajstić information content (AvgIpc) is 3.41. The SMILES string of the molecule is CCC(=O)CCCCC[C@H](NC(=O)C1CCN(C)CC1)c1ncc(-c2cc3ccccc3nc2OC)[nH]1. The van der Waals surface area contributed by atoms with Crippen molar-refractivity contribution in [3.05, 3.63) is 42.4 Å². The maximum absolute atomic E-state index is 13.2. The fourth-order valence-corrected chi connectivity index (χ4v) is 4.96. The Kier molecular flexibility index (Phi) is 9.28. The number of para-hydroxylation sites is 1. The number of ketones is 1. The van der Waals surface area contributed by atoms with Crippen molar-refractivity contribution in [3.63, 3.8) is 0 Å². The van der Waals surface area contributed by atoms with Crippen LogP contribution in [0.4, 0.5) is 0 Å². The lowest BCUT2D eigenvalue weighted by Gasteiger charge is -2.29. The third-order valence-electron chi connectivity index (χ3n) is 7.35. The Hall–Kier alpha value is -3.26. The minimum Gasteiger partial charge on any atom is -0.480 e. The van der Waals surface area contributed by atoms with Gasteiger partial charge in [0, 0.05) is 24.1 Å². The van der Waals surface area contributed by atoms with Crippen molar-refractivity contribution in [1.29, 1.82) is 0 Å². The lowest BCUT2D eigenvalue weighted by Crippen LogP contribution is -2.40. The van der Waals surface area contributed by atoms with E-state index in [1.54, 1.807) is 13.3 Å². The number of nitrogens with zero attached hydrogens (tertiary/aromatic N) is 3. The van der Waals surface area contributed by atoms with E-state index in [1.807, 2.05) is 31.2 Å². The smallest absolute Gasteiger partial charge is 0.223 e. The number of benzene rings is 1. The first-order valence-electron chi connectivity index (χ1n) is 13.5. The van der Waals surface area contributed by atoms with E-state index in [0.717, 1.165) is 79.6 Å². The number of methoxy groups -OCH3 is 1. The number of unbranched alkanes of at least 4 members (excludes halogenated alkanes) is 2. The van der Waals surface area contributed by atoms with E-state index in [2.05, 4.69) is 38.3 Å². The maximum atomic E-state index is 13.2. The number of nitrogens with one attached hydrogen (secondary N) is 2. The highest BCUT2D eigenvalue weighted by Crippen LogP contribution is 2.32. The van der Waals surface area contributed by atoms with Gasteiger partial charge in [0.1, 0.15) is 11.6 Å². The molecule has 198 valence electrons. The number of hydrogen-bond donors (Lipinski definition) is 2. The van der Waals surface area contributed by atoms with Gasteiger partial charge in [-0.1, -0.05) is 38.0 Å². The van der Waals surface area contributed by atoms with Crippen LogP contribution in [0, 0.1) is 5.92 Å². The Morgan fingerprint density at radius 3 is 2.73 bits per heavy atom. The van der Waals surface area contributed by atoms with E-state index in [9.17, 15) is 9.59 Å². The molecule has 0 spiro atoms. The van der Waals surface area contributed by atoms with E-state index in [0.29, 0.717) is 24.5 Å². The minimum absolute atomic E-state index is 0.0279. The highest BCUT2D eigenvalue weighted by Gasteiger charge is 2.27. The molecule has 1 aliphatic rings. The third kappa shape index (κ3) is 6.95. The Labute approximate surface area is 219 Å². The summed E-state index contributed by atoms with van der Waals surface area (Å²) in [6, 6.07) is 9.76. The molecular formula is C29H39N5O3. The molecule has 3 heterocycles. The number of piperidine rings is 1. The van der Waals surface area contributed by atoms with Crippen LogP contribution in [0.5, 0.6) is 5.88 Å². The molecule has 3 aromatic rings. The Balaban J connectivity index is 1.51. The molecule has 4 rings (SSSR count). The summed E-state index contributed by atoms with van der Waals surface area (Å²) < 4.78 is 5.59. The molecule has 0 unspecified atom stereocenters. The summed E-state index contributed by atoms with van der Waals surface area (Å²) in [6.45, 7) is 3.78. The zero-order valence-electron chi connectivity index (χ0n) is 22.3. The van der Waals surface area contributed by atoms with E-state index in [1.165, 1.54) is 0 Å². The van der Waals surface area contributed by atoms with Gasteiger partial charge >= 0.3 is 0 Å². The highest BCUT2D eigenvalue weighted by atomic mass is 16.5. The summed E-state index contributed by atoms with van der Waals surface area (Å²) in [5, 5.41) is 4.30. The maximum Gasteiger partial charge on any atom is 0.223 e. The molecule has 8 nitrogen and oxygen atoms in total. The van der Waals surface area contributed by atoms with Crippen molar-refractivity contribution in [2.75, 3.05) is 27.2 Å². The molecule has 1 aromatic carbocycles. The topological polar surface area (TPSA) is 100 Å². The van der Waals surface area contributed by atoms with Crippen molar-refractivity contribution >= 4 is 22.6 Å². The minimum atomic E-state index is -0.220. The Bertz CT molecular complexity index is 1200. The normalized spacial score (nSPS) is 15.5. The van der Waals surface area contributed by atoms with Gasteiger partial charge in [-0.3, -0.25) is 9.59 Å².